The van der Waals surface area contributed by atoms with Crippen LogP contribution in [0.2, 0.25) is 0 Å². The Kier molecular flexibility index (Phi) is 4.07. The van der Waals surface area contributed by atoms with Gasteiger partial charge in [-0.1, -0.05) is 0 Å². The van der Waals surface area contributed by atoms with Crippen LogP contribution in [0.5, 0.6) is 0 Å². The number of hydrogen-bond donors (Lipinski definition) is 3. The number of aliphatic hydroxyl groups excluding tert-OH is 1. The number of rotatable bonds is 6. The summed E-state index contributed by atoms with van der Waals surface area (Å²) in [6.45, 7) is -0.126. The molecule has 2 rings (SSSR count). The van der Waals surface area contributed by atoms with Gasteiger partial charge >= 0.3 is 0 Å². The zero-order chi connectivity index (χ0) is 13.0. The molecule has 9 heteroatoms. The molecule has 0 unspecified atom stereocenters. The van der Waals surface area contributed by atoms with Gasteiger partial charge in [0.05, 0.1) is 17.8 Å². The molecule has 0 fully saturated rings. The van der Waals surface area contributed by atoms with E-state index in [1.54, 1.807) is 6.20 Å². The summed E-state index contributed by atoms with van der Waals surface area (Å²) in [5, 5.41) is 17.6. The van der Waals surface area contributed by atoms with Crippen LogP contribution >= 0.6 is 11.3 Å². The summed E-state index contributed by atoms with van der Waals surface area (Å²) in [6, 6.07) is 0. The van der Waals surface area contributed by atoms with Crippen molar-refractivity contribution in [2.75, 3.05) is 6.54 Å². The van der Waals surface area contributed by atoms with E-state index >= 15 is 0 Å². The average Bonchev–Trinajstić information content (AvgIpc) is 2.99. The van der Waals surface area contributed by atoms with Gasteiger partial charge in [0.25, 0.3) is 10.0 Å². The van der Waals surface area contributed by atoms with Crippen LogP contribution in [-0.2, 0) is 23.1 Å². The van der Waals surface area contributed by atoms with E-state index in [1.165, 1.54) is 17.5 Å². The van der Waals surface area contributed by atoms with Crippen molar-refractivity contribution in [3.63, 3.8) is 0 Å². The fourth-order valence-corrected chi connectivity index (χ4v) is 3.16. The molecule has 0 aromatic carbocycles. The minimum Gasteiger partial charge on any atom is -0.392 e. The first-order chi connectivity index (χ1) is 8.63. The topological polar surface area (TPSA) is 108 Å². The molecule has 2 aromatic rings. The summed E-state index contributed by atoms with van der Waals surface area (Å²) < 4.78 is 26.2. The molecule has 0 saturated carbocycles. The highest BCUT2D eigenvalue weighted by atomic mass is 32.2. The number of sulfonamides is 1. The van der Waals surface area contributed by atoms with E-state index in [0.717, 1.165) is 5.01 Å². The molecule has 0 spiro atoms. The first kappa shape index (κ1) is 13.1. The van der Waals surface area contributed by atoms with Crippen molar-refractivity contribution in [3.05, 3.63) is 28.3 Å². The first-order valence-electron chi connectivity index (χ1n) is 5.14. The molecule has 0 radical (unpaired) electrons. The average molecular weight is 288 g/mol. The van der Waals surface area contributed by atoms with E-state index in [4.69, 9.17) is 5.11 Å². The van der Waals surface area contributed by atoms with Gasteiger partial charge in [0.15, 0.2) is 5.03 Å². The highest BCUT2D eigenvalue weighted by Crippen LogP contribution is 2.11. The Morgan fingerprint density at radius 1 is 1.50 bits per heavy atom. The fraction of sp³-hybridized carbons (Fsp3) is 0.333. The largest absolute Gasteiger partial charge is 0.392 e. The van der Waals surface area contributed by atoms with Gasteiger partial charge in [0, 0.05) is 30.1 Å². The van der Waals surface area contributed by atoms with Gasteiger partial charge in [-0.05, 0) is 0 Å². The Balaban J connectivity index is 1.99. The lowest BCUT2D eigenvalue weighted by molar-refractivity contribution is 0.278. The molecule has 7 nitrogen and oxygen atoms in total. The van der Waals surface area contributed by atoms with E-state index < -0.39 is 10.0 Å². The van der Waals surface area contributed by atoms with Gasteiger partial charge in [-0.25, -0.2) is 18.1 Å². The Bertz CT molecular complexity index is 591. The Hall–Kier alpha value is -1.29. The Morgan fingerprint density at radius 2 is 2.33 bits per heavy atom. The fourth-order valence-electron chi connectivity index (χ4n) is 1.39. The number of hydrogen-bond acceptors (Lipinski definition) is 6. The third-order valence-corrected chi connectivity index (χ3v) is 4.55. The monoisotopic (exact) mass is 288 g/mol. The van der Waals surface area contributed by atoms with Gasteiger partial charge in [-0.3, -0.25) is 5.10 Å². The van der Waals surface area contributed by atoms with Crippen LogP contribution < -0.4 is 4.72 Å². The number of nitrogens with one attached hydrogen (secondary N) is 2. The zero-order valence-electron chi connectivity index (χ0n) is 9.33. The van der Waals surface area contributed by atoms with Crippen LogP contribution in [0.25, 0.3) is 0 Å². The van der Waals surface area contributed by atoms with E-state index in [1.807, 2.05) is 5.38 Å². The van der Waals surface area contributed by atoms with Crippen molar-refractivity contribution in [3.8, 4) is 0 Å². The summed E-state index contributed by atoms with van der Waals surface area (Å²) in [4.78, 5) is 4.06. The van der Waals surface area contributed by atoms with Crippen molar-refractivity contribution >= 4 is 21.4 Å². The van der Waals surface area contributed by atoms with Gasteiger partial charge < -0.3 is 5.11 Å². The van der Waals surface area contributed by atoms with Crippen LogP contribution in [0, 0.1) is 0 Å². The van der Waals surface area contributed by atoms with Gasteiger partial charge in [-0.15, -0.1) is 11.3 Å². The zero-order valence-corrected chi connectivity index (χ0v) is 11.0. The smallest absolute Gasteiger partial charge is 0.257 e. The molecular formula is C9H12N4O3S2. The third-order valence-electron chi connectivity index (χ3n) is 2.23. The number of thiazole rings is 1. The van der Waals surface area contributed by atoms with Crippen LogP contribution in [-0.4, -0.2) is 35.3 Å². The molecule has 0 aliphatic carbocycles. The van der Waals surface area contributed by atoms with E-state index in [2.05, 4.69) is 19.9 Å². The van der Waals surface area contributed by atoms with Crippen LogP contribution in [0.4, 0.5) is 0 Å². The quantitative estimate of drug-likeness (QED) is 0.687. The lowest BCUT2D eigenvalue weighted by atomic mass is 10.4. The lowest BCUT2D eigenvalue weighted by Crippen LogP contribution is -2.27. The maximum absolute atomic E-state index is 11.9. The molecule has 18 heavy (non-hydrogen) atoms. The summed E-state index contributed by atoms with van der Waals surface area (Å²) in [5.41, 5.74) is 0.247. The molecule has 0 aliphatic heterocycles. The minimum absolute atomic E-state index is 0.0934. The van der Waals surface area contributed by atoms with Crippen molar-refractivity contribution in [2.45, 2.75) is 18.1 Å². The second-order valence-electron chi connectivity index (χ2n) is 3.46. The highest BCUT2D eigenvalue weighted by Gasteiger charge is 2.19. The number of aliphatic hydroxyl groups is 1. The maximum Gasteiger partial charge on any atom is 0.257 e. The Morgan fingerprint density at radius 3 is 3.00 bits per heavy atom. The maximum atomic E-state index is 11.9. The van der Waals surface area contributed by atoms with Gasteiger partial charge in [0.1, 0.15) is 0 Å². The Labute approximate surface area is 108 Å². The number of aromatic nitrogens is 3. The summed E-state index contributed by atoms with van der Waals surface area (Å²) in [6.07, 6.45) is 3.49. The number of nitrogens with zero attached hydrogens (tertiary/aromatic N) is 2. The van der Waals surface area contributed by atoms with Gasteiger partial charge in [0.2, 0.25) is 0 Å². The first-order valence-corrected chi connectivity index (χ1v) is 7.51. The van der Waals surface area contributed by atoms with E-state index in [9.17, 15) is 8.42 Å². The molecule has 2 aromatic heterocycles. The third kappa shape index (κ3) is 2.93. The lowest BCUT2D eigenvalue weighted by Gasteiger charge is -2.04. The molecule has 0 atom stereocenters. The van der Waals surface area contributed by atoms with Crippen molar-refractivity contribution < 1.29 is 13.5 Å². The summed E-state index contributed by atoms with van der Waals surface area (Å²) in [7, 11) is -3.66. The van der Waals surface area contributed by atoms with Crippen LogP contribution in [0.1, 0.15) is 10.6 Å². The predicted molar refractivity (Wildman–Crippen MR) is 65.5 cm³/mol. The van der Waals surface area contributed by atoms with Crippen LogP contribution in [0.15, 0.2) is 22.8 Å². The predicted octanol–water partition coefficient (Wildman–Crippen LogP) is -0.121. The van der Waals surface area contributed by atoms with Crippen molar-refractivity contribution in [1.29, 1.82) is 0 Å². The SMILES string of the molecule is O=S(=O)(NCCc1nccs1)c1[nH]ncc1CO. The highest BCUT2D eigenvalue weighted by molar-refractivity contribution is 7.89. The minimum atomic E-state index is -3.66. The van der Waals surface area contributed by atoms with E-state index in [0.29, 0.717) is 6.42 Å². The molecule has 98 valence electrons. The molecule has 0 bridgehead atoms. The summed E-state index contributed by atoms with van der Waals surface area (Å²) >= 11 is 1.47. The van der Waals surface area contributed by atoms with Crippen molar-refractivity contribution in [1.82, 2.24) is 19.9 Å². The standard InChI is InChI=1S/C9H12N4O3S2/c14-6-7-5-11-13-9(7)18(15,16)12-2-1-8-10-3-4-17-8/h3-5,12,14H,1-2,6H2,(H,11,13). The second kappa shape index (κ2) is 5.57. The molecule has 0 amide bonds. The molecule has 2 heterocycles. The molecule has 0 saturated heterocycles. The number of aromatic amines is 1. The van der Waals surface area contributed by atoms with E-state index in [-0.39, 0.29) is 23.7 Å². The van der Waals surface area contributed by atoms with Crippen molar-refractivity contribution in [2.24, 2.45) is 0 Å². The molecule has 0 aliphatic rings. The van der Waals surface area contributed by atoms with Gasteiger partial charge in [-0.2, -0.15) is 5.10 Å². The summed E-state index contributed by atoms with van der Waals surface area (Å²) in [5.74, 6) is 0. The molecular weight excluding hydrogens is 276 g/mol. The number of H-pyrrole nitrogens is 1. The van der Waals surface area contributed by atoms with Crippen LogP contribution in [0.3, 0.4) is 0 Å². The normalized spacial score (nSPS) is 11.8. The second-order valence-corrected chi connectivity index (χ2v) is 6.14. The molecule has 3 N–H and O–H groups in total.